The number of aromatic nitrogens is 2. The van der Waals surface area contributed by atoms with Crippen LogP contribution >= 0.6 is 0 Å². The maximum absolute atomic E-state index is 10.9. The van der Waals surface area contributed by atoms with Crippen LogP contribution in [0, 0.1) is 24.0 Å². The number of anilines is 2. The number of aryl methyl sites for hydroxylation is 2. The summed E-state index contributed by atoms with van der Waals surface area (Å²) >= 11 is 0. The van der Waals surface area contributed by atoms with E-state index < -0.39 is 4.92 Å². The third kappa shape index (κ3) is 2.42. The fraction of sp³-hybridized carbons (Fsp3) is 0.167. The van der Waals surface area contributed by atoms with Gasteiger partial charge >= 0.3 is 0 Å². The van der Waals surface area contributed by atoms with E-state index in [2.05, 4.69) is 15.3 Å². The number of nitrogens with one attached hydrogen (secondary N) is 1. The zero-order chi connectivity index (χ0) is 13.1. The largest absolute Gasteiger partial charge is 0.318 e. The van der Waals surface area contributed by atoms with Crippen LogP contribution in [0.5, 0.6) is 0 Å². The number of nitrogens with zero attached hydrogens (tertiary/aromatic N) is 3. The topological polar surface area (TPSA) is 81.0 Å². The lowest BCUT2D eigenvalue weighted by molar-refractivity contribution is -0.384. The average molecular weight is 244 g/mol. The predicted molar refractivity (Wildman–Crippen MR) is 67.9 cm³/mol. The quantitative estimate of drug-likeness (QED) is 0.663. The zero-order valence-electron chi connectivity index (χ0n) is 10.0. The van der Waals surface area contributed by atoms with Crippen molar-refractivity contribution >= 4 is 17.3 Å². The monoisotopic (exact) mass is 244 g/mol. The lowest BCUT2D eigenvalue weighted by Crippen LogP contribution is -2.02. The summed E-state index contributed by atoms with van der Waals surface area (Å²) in [6, 6.07) is 4.89. The molecule has 18 heavy (non-hydrogen) atoms. The molecule has 6 heteroatoms. The Kier molecular flexibility index (Phi) is 3.18. The van der Waals surface area contributed by atoms with Crippen molar-refractivity contribution in [2.45, 2.75) is 13.8 Å². The van der Waals surface area contributed by atoms with Crippen molar-refractivity contribution in [3.63, 3.8) is 0 Å². The Morgan fingerprint density at radius 3 is 2.50 bits per heavy atom. The molecule has 0 bridgehead atoms. The highest BCUT2D eigenvalue weighted by molar-refractivity contribution is 5.70. The second kappa shape index (κ2) is 4.79. The van der Waals surface area contributed by atoms with Gasteiger partial charge in [-0.25, -0.2) is 9.97 Å². The Morgan fingerprint density at radius 1 is 1.22 bits per heavy atom. The first-order valence-electron chi connectivity index (χ1n) is 5.37. The van der Waals surface area contributed by atoms with Crippen molar-refractivity contribution in [2.24, 2.45) is 0 Å². The molecule has 0 saturated carbocycles. The van der Waals surface area contributed by atoms with Gasteiger partial charge in [0.15, 0.2) is 0 Å². The van der Waals surface area contributed by atoms with Crippen LogP contribution < -0.4 is 5.32 Å². The molecule has 1 N–H and O–H groups in total. The molecule has 92 valence electrons. The first-order valence-corrected chi connectivity index (χ1v) is 5.37. The van der Waals surface area contributed by atoms with Crippen LogP contribution in [0.1, 0.15) is 11.1 Å². The third-order valence-electron chi connectivity index (χ3n) is 2.47. The molecule has 0 aliphatic carbocycles. The molecule has 0 aliphatic heterocycles. The van der Waals surface area contributed by atoms with E-state index in [9.17, 15) is 10.1 Å². The van der Waals surface area contributed by atoms with E-state index in [-0.39, 0.29) is 5.69 Å². The highest BCUT2D eigenvalue weighted by atomic mass is 16.6. The summed E-state index contributed by atoms with van der Waals surface area (Å²) in [7, 11) is 0. The van der Waals surface area contributed by atoms with Crippen LogP contribution in [0.15, 0.2) is 30.6 Å². The zero-order valence-corrected chi connectivity index (χ0v) is 10.0. The molecular formula is C12H12N4O2. The Labute approximate surface area is 104 Å². The minimum Gasteiger partial charge on any atom is -0.318 e. The molecule has 0 aliphatic rings. The maximum atomic E-state index is 10.9. The van der Waals surface area contributed by atoms with Crippen molar-refractivity contribution in [1.82, 2.24) is 9.97 Å². The van der Waals surface area contributed by atoms with Gasteiger partial charge in [0.05, 0.1) is 4.92 Å². The molecule has 0 spiro atoms. The van der Waals surface area contributed by atoms with Gasteiger partial charge in [0.1, 0.15) is 5.69 Å². The minimum atomic E-state index is -0.427. The van der Waals surface area contributed by atoms with Crippen LogP contribution in [-0.4, -0.2) is 14.9 Å². The molecule has 6 nitrogen and oxygen atoms in total. The van der Waals surface area contributed by atoms with Crippen molar-refractivity contribution in [2.75, 3.05) is 5.32 Å². The van der Waals surface area contributed by atoms with Gasteiger partial charge < -0.3 is 5.32 Å². The van der Waals surface area contributed by atoms with Crippen LogP contribution in [0.25, 0.3) is 0 Å². The van der Waals surface area contributed by atoms with Crippen molar-refractivity contribution in [3.8, 4) is 0 Å². The van der Waals surface area contributed by atoms with E-state index in [1.165, 1.54) is 6.07 Å². The fourth-order valence-electron chi connectivity index (χ4n) is 1.54. The molecule has 0 radical (unpaired) electrons. The number of benzene rings is 1. The number of hydrogen-bond acceptors (Lipinski definition) is 5. The first-order chi connectivity index (χ1) is 8.58. The number of rotatable bonds is 3. The van der Waals surface area contributed by atoms with Gasteiger partial charge in [0.2, 0.25) is 5.95 Å². The molecule has 0 amide bonds. The van der Waals surface area contributed by atoms with Gasteiger partial charge in [-0.2, -0.15) is 0 Å². The fourth-order valence-corrected chi connectivity index (χ4v) is 1.54. The Balaban J connectivity index is 2.39. The smallest absolute Gasteiger partial charge is 0.293 e. The standard InChI is InChI=1S/C12H12N4O2/c1-8-6-13-12(14-7-8)15-11-9(2)4-3-5-10(11)16(17)18/h3-7H,1-2H3,(H,13,14,15). The van der Waals surface area contributed by atoms with Crippen molar-refractivity contribution < 1.29 is 4.92 Å². The van der Waals surface area contributed by atoms with Crippen LogP contribution in [0.3, 0.4) is 0 Å². The van der Waals surface area contributed by atoms with Crippen molar-refractivity contribution in [1.29, 1.82) is 0 Å². The van der Waals surface area contributed by atoms with E-state index in [4.69, 9.17) is 0 Å². The van der Waals surface area contributed by atoms with E-state index in [1.807, 2.05) is 6.92 Å². The Morgan fingerprint density at radius 2 is 1.89 bits per heavy atom. The van der Waals surface area contributed by atoms with Gasteiger partial charge in [-0.05, 0) is 25.0 Å². The van der Waals surface area contributed by atoms with E-state index >= 15 is 0 Å². The summed E-state index contributed by atoms with van der Waals surface area (Å²) in [4.78, 5) is 18.7. The second-order valence-corrected chi connectivity index (χ2v) is 3.94. The summed E-state index contributed by atoms with van der Waals surface area (Å²) in [6.07, 6.45) is 3.30. The maximum Gasteiger partial charge on any atom is 0.293 e. The lowest BCUT2D eigenvalue weighted by atomic mass is 10.1. The predicted octanol–water partition coefficient (Wildman–Crippen LogP) is 2.75. The minimum absolute atomic E-state index is 0.0131. The van der Waals surface area contributed by atoms with E-state index in [0.29, 0.717) is 11.6 Å². The molecule has 0 atom stereocenters. The SMILES string of the molecule is Cc1cnc(Nc2c(C)cccc2[N+](=O)[O-])nc1. The molecule has 2 rings (SSSR count). The van der Waals surface area contributed by atoms with Gasteiger partial charge in [-0.1, -0.05) is 12.1 Å². The Hall–Kier alpha value is -2.50. The molecule has 1 aromatic carbocycles. The van der Waals surface area contributed by atoms with Crippen LogP contribution in [-0.2, 0) is 0 Å². The third-order valence-corrected chi connectivity index (χ3v) is 2.47. The highest BCUT2D eigenvalue weighted by Crippen LogP contribution is 2.29. The lowest BCUT2D eigenvalue weighted by Gasteiger charge is -2.08. The molecule has 1 heterocycles. The number of nitro groups is 1. The van der Waals surface area contributed by atoms with Gasteiger partial charge in [0, 0.05) is 18.5 Å². The van der Waals surface area contributed by atoms with Crippen LogP contribution in [0.2, 0.25) is 0 Å². The van der Waals surface area contributed by atoms with Crippen molar-refractivity contribution in [3.05, 3.63) is 51.8 Å². The normalized spacial score (nSPS) is 10.1. The highest BCUT2D eigenvalue weighted by Gasteiger charge is 2.16. The number of para-hydroxylation sites is 1. The summed E-state index contributed by atoms with van der Waals surface area (Å²) in [5.74, 6) is 0.345. The second-order valence-electron chi connectivity index (χ2n) is 3.94. The van der Waals surface area contributed by atoms with Gasteiger partial charge in [-0.15, -0.1) is 0 Å². The molecule has 0 saturated heterocycles. The van der Waals surface area contributed by atoms with Crippen LogP contribution in [0.4, 0.5) is 17.3 Å². The molecular weight excluding hydrogens is 232 g/mol. The summed E-state index contributed by atoms with van der Waals surface area (Å²) in [6.45, 7) is 3.67. The average Bonchev–Trinajstić information content (AvgIpc) is 2.34. The molecule has 0 fully saturated rings. The molecule has 2 aromatic rings. The summed E-state index contributed by atoms with van der Waals surface area (Å²) in [5, 5.41) is 13.8. The molecule has 1 aromatic heterocycles. The Bertz CT molecular complexity index is 581. The summed E-state index contributed by atoms with van der Waals surface area (Å²) < 4.78 is 0. The van der Waals surface area contributed by atoms with E-state index in [1.54, 1.807) is 31.5 Å². The number of nitro benzene ring substituents is 1. The first kappa shape index (κ1) is 12.0. The van der Waals surface area contributed by atoms with E-state index in [0.717, 1.165) is 11.1 Å². The van der Waals surface area contributed by atoms with Gasteiger partial charge in [-0.3, -0.25) is 10.1 Å². The summed E-state index contributed by atoms with van der Waals surface area (Å²) in [5.41, 5.74) is 2.14. The molecule has 0 unspecified atom stereocenters. The number of hydrogen-bond donors (Lipinski definition) is 1. The van der Waals surface area contributed by atoms with Gasteiger partial charge in [0.25, 0.3) is 5.69 Å².